The van der Waals surface area contributed by atoms with Gasteiger partial charge in [-0.25, -0.2) is 19.0 Å². The first-order valence-electron chi connectivity index (χ1n) is 11.5. The summed E-state index contributed by atoms with van der Waals surface area (Å²) in [7, 11) is 0. The molecule has 1 unspecified atom stereocenters. The number of nitrogens with one attached hydrogen (secondary N) is 1. The van der Waals surface area contributed by atoms with E-state index in [0.717, 1.165) is 50.1 Å². The summed E-state index contributed by atoms with van der Waals surface area (Å²) < 4.78 is 16.1. The molecule has 0 radical (unpaired) electrons. The minimum Gasteiger partial charge on any atom is -0.356 e. The van der Waals surface area contributed by atoms with E-state index in [1.807, 2.05) is 22.9 Å². The summed E-state index contributed by atoms with van der Waals surface area (Å²) >= 11 is 6.08. The fraction of sp³-hybridized carbons (Fsp3) is 0.478. The fourth-order valence-electron chi connectivity index (χ4n) is 5.51. The SMILES string of the molecule is Cc1ccc(N2CCCn3nc(N[C@@H]4C5CC[C@H]4CN(c4cc(Cl)ncn4)C5)nc32)cc1F. The molecule has 10 heteroatoms. The van der Waals surface area contributed by atoms with Crippen LogP contribution in [0.5, 0.6) is 0 Å². The molecular weight excluding hydrogens is 443 g/mol. The van der Waals surface area contributed by atoms with Gasteiger partial charge in [-0.15, -0.1) is 5.10 Å². The number of fused-ring (bicyclic) bond motifs is 3. The zero-order chi connectivity index (χ0) is 22.5. The van der Waals surface area contributed by atoms with Crippen LogP contribution in [0.2, 0.25) is 5.15 Å². The van der Waals surface area contributed by atoms with Crippen LogP contribution in [0.15, 0.2) is 30.6 Å². The molecule has 172 valence electrons. The Balaban J connectivity index is 1.21. The Morgan fingerprint density at radius 1 is 1.09 bits per heavy atom. The average Bonchev–Trinajstić information content (AvgIpc) is 3.31. The second kappa shape index (κ2) is 8.13. The number of hydrogen-bond acceptors (Lipinski definition) is 7. The van der Waals surface area contributed by atoms with E-state index >= 15 is 0 Å². The standard InChI is InChI=1S/C23H26ClFN8/c1-14-3-6-17(9-18(14)25)32-7-2-8-33-23(32)29-22(30-33)28-21-15-4-5-16(21)12-31(11-15)20-10-19(24)26-13-27-20/h3,6,9-10,13,15-16,21H,2,4-5,7-8,11-12H2,1H3,(H,28,30)/t15-,16?,21-/m0/s1. The molecule has 1 N–H and O–H groups in total. The van der Waals surface area contributed by atoms with Crippen LogP contribution in [0.1, 0.15) is 24.8 Å². The molecule has 0 amide bonds. The number of nitrogens with zero attached hydrogens (tertiary/aromatic N) is 7. The van der Waals surface area contributed by atoms with Crippen LogP contribution in [0.3, 0.4) is 0 Å². The van der Waals surface area contributed by atoms with E-state index in [2.05, 4.69) is 25.1 Å². The molecule has 2 bridgehead atoms. The molecule has 1 aliphatic carbocycles. The lowest BCUT2D eigenvalue weighted by molar-refractivity contribution is 0.374. The molecule has 4 heterocycles. The lowest BCUT2D eigenvalue weighted by Gasteiger charge is -2.38. The van der Waals surface area contributed by atoms with Crippen molar-refractivity contribution in [3.63, 3.8) is 0 Å². The molecule has 2 aromatic heterocycles. The topological polar surface area (TPSA) is 75.0 Å². The molecular formula is C23H26ClFN8. The van der Waals surface area contributed by atoms with Gasteiger partial charge in [0.1, 0.15) is 23.1 Å². The van der Waals surface area contributed by atoms with Gasteiger partial charge in [0.2, 0.25) is 11.9 Å². The summed E-state index contributed by atoms with van der Waals surface area (Å²) in [6.07, 6.45) is 4.80. The number of anilines is 4. The van der Waals surface area contributed by atoms with Crippen molar-refractivity contribution in [1.29, 1.82) is 0 Å². The predicted octanol–water partition coefficient (Wildman–Crippen LogP) is 4.04. The number of hydrogen-bond donors (Lipinski definition) is 1. The highest BCUT2D eigenvalue weighted by atomic mass is 35.5. The number of halogens is 2. The van der Waals surface area contributed by atoms with Crippen LogP contribution in [-0.2, 0) is 6.54 Å². The van der Waals surface area contributed by atoms with Crippen molar-refractivity contribution in [2.24, 2.45) is 11.8 Å². The zero-order valence-corrected chi connectivity index (χ0v) is 19.2. The number of piperidine rings is 1. The first-order chi connectivity index (χ1) is 16.0. The normalized spacial score (nSPS) is 24.2. The van der Waals surface area contributed by atoms with Crippen LogP contribution in [0.25, 0.3) is 0 Å². The van der Waals surface area contributed by atoms with E-state index in [9.17, 15) is 4.39 Å². The minimum atomic E-state index is -0.198. The summed E-state index contributed by atoms with van der Waals surface area (Å²) in [5, 5.41) is 8.87. The Labute approximate surface area is 196 Å². The van der Waals surface area contributed by atoms with Gasteiger partial charge in [-0.3, -0.25) is 0 Å². The van der Waals surface area contributed by atoms with Gasteiger partial charge in [-0.1, -0.05) is 17.7 Å². The van der Waals surface area contributed by atoms with E-state index in [0.29, 0.717) is 34.5 Å². The van der Waals surface area contributed by atoms with Gasteiger partial charge >= 0.3 is 0 Å². The van der Waals surface area contributed by atoms with Gasteiger partial charge in [-0.05, 0) is 55.7 Å². The van der Waals surface area contributed by atoms with E-state index in [1.165, 1.54) is 19.2 Å². The smallest absolute Gasteiger partial charge is 0.244 e. The Bertz CT molecular complexity index is 1170. The zero-order valence-electron chi connectivity index (χ0n) is 18.5. The van der Waals surface area contributed by atoms with E-state index in [-0.39, 0.29) is 5.82 Å². The number of rotatable bonds is 4. The van der Waals surface area contributed by atoms with Crippen molar-refractivity contribution < 1.29 is 4.39 Å². The summed E-state index contributed by atoms with van der Waals surface area (Å²) in [6.45, 7) is 5.23. The molecule has 1 aromatic carbocycles. The van der Waals surface area contributed by atoms with Crippen LogP contribution < -0.4 is 15.1 Å². The number of benzene rings is 1. The predicted molar refractivity (Wildman–Crippen MR) is 126 cm³/mol. The maximum Gasteiger partial charge on any atom is 0.244 e. The van der Waals surface area contributed by atoms with Gasteiger partial charge in [0.05, 0.1) is 0 Å². The second-order valence-electron chi connectivity index (χ2n) is 9.27. The molecule has 2 aliphatic heterocycles. The highest BCUT2D eigenvalue weighted by Crippen LogP contribution is 2.40. The Morgan fingerprint density at radius 2 is 1.91 bits per heavy atom. The molecule has 3 atom stereocenters. The van der Waals surface area contributed by atoms with Crippen LogP contribution in [-0.4, -0.2) is 50.4 Å². The van der Waals surface area contributed by atoms with E-state index in [1.54, 1.807) is 13.0 Å². The van der Waals surface area contributed by atoms with Crippen molar-refractivity contribution in [1.82, 2.24) is 24.7 Å². The van der Waals surface area contributed by atoms with Crippen LogP contribution in [0.4, 0.5) is 27.8 Å². The largest absolute Gasteiger partial charge is 0.356 e. The van der Waals surface area contributed by atoms with Crippen molar-refractivity contribution in [3.05, 3.63) is 47.1 Å². The molecule has 3 aromatic rings. The minimum absolute atomic E-state index is 0.198. The van der Waals surface area contributed by atoms with Crippen molar-refractivity contribution >= 4 is 35.0 Å². The lowest BCUT2D eigenvalue weighted by Crippen LogP contribution is -2.48. The third-order valence-corrected chi connectivity index (χ3v) is 7.39. The van der Waals surface area contributed by atoms with Gasteiger partial charge in [0.25, 0.3) is 0 Å². The number of aromatic nitrogens is 5. The summed E-state index contributed by atoms with van der Waals surface area (Å²) in [4.78, 5) is 17.6. The summed E-state index contributed by atoms with van der Waals surface area (Å²) in [5.74, 6) is 3.09. The van der Waals surface area contributed by atoms with Crippen molar-refractivity contribution in [3.8, 4) is 0 Å². The summed E-state index contributed by atoms with van der Waals surface area (Å²) in [5.41, 5.74) is 1.46. The quantitative estimate of drug-likeness (QED) is 0.579. The van der Waals surface area contributed by atoms with Crippen LogP contribution >= 0.6 is 11.6 Å². The average molecular weight is 469 g/mol. The molecule has 8 nitrogen and oxygen atoms in total. The molecule has 2 fully saturated rings. The van der Waals surface area contributed by atoms with Crippen LogP contribution in [0, 0.1) is 24.6 Å². The lowest BCUT2D eigenvalue weighted by atomic mass is 9.92. The van der Waals surface area contributed by atoms with Gasteiger partial charge < -0.3 is 15.1 Å². The first-order valence-corrected chi connectivity index (χ1v) is 11.9. The van der Waals surface area contributed by atoms with Crippen molar-refractivity contribution in [2.75, 3.05) is 34.8 Å². The van der Waals surface area contributed by atoms with E-state index in [4.69, 9.17) is 21.7 Å². The molecule has 33 heavy (non-hydrogen) atoms. The molecule has 1 saturated carbocycles. The fourth-order valence-corrected chi connectivity index (χ4v) is 5.65. The van der Waals surface area contributed by atoms with Crippen molar-refractivity contribution in [2.45, 2.75) is 38.8 Å². The second-order valence-corrected chi connectivity index (χ2v) is 9.66. The van der Waals surface area contributed by atoms with Gasteiger partial charge in [0.15, 0.2) is 0 Å². The molecule has 3 aliphatic rings. The Morgan fingerprint density at radius 3 is 2.67 bits per heavy atom. The highest BCUT2D eigenvalue weighted by Gasteiger charge is 2.43. The third kappa shape index (κ3) is 3.78. The molecule has 0 spiro atoms. The Kier molecular flexibility index (Phi) is 5.09. The highest BCUT2D eigenvalue weighted by molar-refractivity contribution is 6.29. The van der Waals surface area contributed by atoms with Gasteiger partial charge in [0, 0.05) is 44.0 Å². The van der Waals surface area contributed by atoms with E-state index < -0.39 is 0 Å². The molecule has 6 rings (SSSR count). The monoisotopic (exact) mass is 468 g/mol. The molecule has 1 saturated heterocycles. The Hall–Kier alpha value is -2.94. The maximum atomic E-state index is 14.2. The maximum absolute atomic E-state index is 14.2. The number of aryl methyl sites for hydroxylation is 2. The summed E-state index contributed by atoms with van der Waals surface area (Å²) in [6, 6.07) is 7.51. The third-order valence-electron chi connectivity index (χ3n) is 7.19. The van der Waals surface area contributed by atoms with Gasteiger partial charge in [-0.2, -0.15) is 4.98 Å². The first kappa shape index (κ1) is 20.7.